The number of hydrogen-bond donors (Lipinski definition) is 1. The summed E-state index contributed by atoms with van der Waals surface area (Å²) in [5.74, 6) is 0.294. The van der Waals surface area contributed by atoms with Crippen molar-refractivity contribution >= 4 is 5.91 Å². The number of nitrogens with zero attached hydrogens (tertiary/aromatic N) is 1. The molecular weight excluding hydrogens is 188 g/mol. The molecule has 1 fully saturated rings. The molecule has 1 atom stereocenters. The molecule has 0 bridgehead atoms. The molecule has 0 aliphatic carbocycles. The van der Waals surface area contributed by atoms with Crippen LogP contribution >= 0.6 is 0 Å². The first-order valence-electron chi connectivity index (χ1n) is 6.24. The van der Waals surface area contributed by atoms with Gasteiger partial charge in [0.2, 0.25) is 5.91 Å². The maximum atomic E-state index is 11.8. The highest BCUT2D eigenvalue weighted by Crippen LogP contribution is 2.12. The molecule has 1 aliphatic rings. The third-order valence-electron chi connectivity index (χ3n) is 3.14. The fraction of sp³-hybridized carbons (Fsp3) is 0.917. The van der Waals surface area contributed by atoms with Crippen LogP contribution in [0, 0.1) is 0 Å². The Balaban J connectivity index is 2.24. The van der Waals surface area contributed by atoms with Gasteiger partial charge in [-0.3, -0.25) is 10.1 Å². The first-order chi connectivity index (χ1) is 7.25. The van der Waals surface area contributed by atoms with Gasteiger partial charge >= 0.3 is 0 Å². The first kappa shape index (κ1) is 12.5. The number of hydrogen-bond acceptors (Lipinski definition) is 2. The van der Waals surface area contributed by atoms with Crippen molar-refractivity contribution in [2.24, 2.45) is 0 Å². The minimum absolute atomic E-state index is 0.285. The van der Waals surface area contributed by atoms with E-state index in [1.807, 2.05) is 11.9 Å². The average Bonchev–Trinajstić information content (AvgIpc) is 2.29. The minimum atomic E-state index is 0.285. The monoisotopic (exact) mass is 212 g/mol. The van der Waals surface area contributed by atoms with E-state index in [1.165, 1.54) is 19.3 Å². The van der Waals surface area contributed by atoms with Gasteiger partial charge in [-0.2, -0.15) is 0 Å². The van der Waals surface area contributed by atoms with Gasteiger partial charge in [-0.25, -0.2) is 0 Å². The Morgan fingerprint density at radius 1 is 1.40 bits per heavy atom. The zero-order valence-corrected chi connectivity index (χ0v) is 10.1. The van der Waals surface area contributed by atoms with E-state index in [1.54, 1.807) is 0 Å². The predicted molar refractivity (Wildman–Crippen MR) is 62.6 cm³/mol. The quantitative estimate of drug-likeness (QED) is 0.708. The summed E-state index contributed by atoms with van der Waals surface area (Å²) in [6, 6.07) is 0. The van der Waals surface area contributed by atoms with Gasteiger partial charge in [-0.1, -0.05) is 19.8 Å². The maximum Gasteiger partial charge on any atom is 0.223 e. The number of piperidine rings is 1. The lowest BCUT2D eigenvalue weighted by Gasteiger charge is -2.32. The van der Waals surface area contributed by atoms with Gasteiger partial charge in [0.05, 0.1) is 6.17 Å². The van der Waals surface area contributed by atoms with E-state index in [2.05, 4.69) is 12.2 Å². The van der Waals surface area contributed by atoms with Crippen LogP contribution in [0.4, 0.5) is 0 Å². The lowest BCUT2D eigenvalue weighted by atomic mass is 10.1. The van der Waals surface area contributed by atoms with Crippen molar-refractivity contribution in [1.29, 1.82) is 0 Å². The predicted octanol–water partition coefficient (Wildman–Crippen LogP) is 2.12. The number of amides is 1. The van der Waals surface area contributed by atoms with E-state index in [-0.39, 0.29) is 6.17 Å². The Labute approximate surface area is 93.2 Å². The molecule has 88 valence electrons. The van der Waals surface area contributed by atoms with Crippen molar-refractivity contribution in [3.63, 3.8) is 0 Å². The highest BCUT2D eigenvalue weighted by atomic mass is 16.2. The van der Waals surface area contributed by atoms with Crippen LogP contribution < -0.4 is 5.32 Å². The van der Waals surface area contributed by atoms with Crippen LogP contribution in [0.5, 0.6) is 0 Å². The van der Waals surface area contributed by atoms with Crippen LogP contribution in [-0.2, 0) is 4.79 Å². The molecule has 0 saturated carbocycles. The van der Waals surface area contributed by atoms with Gasteiger partial charge in [-0.15, -0.1) is 0 Å². The van der Waals surface area contributed by atoms with E-state index in [9.17, 15) is 4.79 Å². The van der Waals surface area contributed by atoms with Gasteiger partial charge in [0, 0.05) is 13.5 Å². The Hall–Kier alpha value is -0.570. The van der Waals surface area contributed by atoms with Crippen LogP contribution in [0.1, 0.15) is 51.9 Å². The smallest absolute Gasteiger partial charge is 0.223 e. The number of carbonyl (C=O) groups excluding carboxylic acids is 1. The first-order valence-corrected chi connectivity index (χ1v) is 6.24. The molecule has 0 aromatic rings. The molecule has 0 spiro atoms. The summed E-state index contributed by atoms with van der Waals surface area (Å²) < 4.78 is 0. The second kappa shape index (κ2) is 6.83. The van der Waals surface area contributed by atoms with Crippen LogP contribution in [0.2, 0.25) is 0 Å². The molecule has 3 nitrogen and oxygen atoms in total. The van der Waals surface area contributed by atoms with Crippen molar-refractivity contribution in [3.05, 3.63) is 0 Å². The van der Waals surface area contributed by atoms with Crippen molar-refractivity contribution in [1.82, 2.24) is 10.2 Å². The van der Waals surface area contributed by atoms with Crippen molar-refractivity contribution < 1.29 is 4.79 Å². The van der Waals surface area contributed by atoms with Gasteiger partial charge in [-0.05, 0) is 32.2 Å². The van der Waals surface area contributed by atoms with E-state index < -0.39 is 0 Å². The second-order valence-corrected chi connectivity index (χ2v) is 4.43. The normalized spacial score (nSPS) is 21.3. The summed E-state index contributed by atoms with van der Waals surface area (Å²) >= 11 is 0. The zero-order chi connectivity index (χ0) is 11.1. The highest BCUT2D eigenvalue weighted by molar-refractivity contribution is 5.76. The number of nitrogens with one attached hydrogen (secondary N) is 1. The summed E-state index contributed by atoms with van der Waals surface area (Å²) in [6.45, 7) is 3.22. The molecule has 3 heteroatoms. The van der Waals surface area contributed by atoms with Crippen molar-refractivity contribution in [3.8, 4) is 0 Å². The molecule has 0 aromatic heterocycles. The molecule has 15 heavy (non-hydrogen) atoms. The lowest BCUT2D eigenvalue weighted by Crippen LogP contribution is -2.48. The Kier molecular flexibility index (Phi) is 5.69. The molecule has 1 amide bonds. The molecule has 1 unspecified atom stereocenters. The highest BCUT2D eigenvalue weighted by Gasteiger charge is 2.20. The van der Waals surface area contributed by atoms with E-state index in [0.717, 1.165) is 25.8 Å². The average molecular weight is 212 g/mol. The van der Waals surface area contributed by atoms with Crippen molar-refractivity contribution in [2.75, 3.05) is 13.6 Å². The third kappa shape index (κ3) is 4.20. The molecule has 1 N–H and O–H groups in total. The number of carbonyl (C=O) groups is 1. The van der Waals surface area contributed by atoms with E-state index in [4.69, 9.17) is 0 Å². The molecule has 1 aliphatic heterocycles. The fourth-order valence-corrected chi connectivity index (χ4v) is 2.04. The molecule has 1 heterocycles. The van der Waals surface area contributed by atoms with Crippen LogP contribution in [-0.4, -0.2) is 30.6 Å². The largest absolute Gasteiger partial charge is 0.330 e. The standard InChI is InChI=1S/C12H24N2O/c1-3-4-5-9-12(15)14(2)11-8-6-7-10-13-11/h11,13H,3-10H2,1-2H3. The van der Waals surface area contributed by atoms with E-state index in [0.29, 0.717) is 12.3 Å². The summed E-state index contributed by atoms with van der Waals surface area (Å²) in [7, 11) is 1.93. The molecular formula is C12H24N2O. The number of unbranched alkanes of at least 4 members (excludes halogenated alkanes) is 2. The summed E-state index contributed by atoms with van der Waals surface area (Å²) in [5, 5.41) is 3.40. The SMILES string of the molecule is CCCCCC(=O)N(C)C1CCCCN1. The van der Waals surface area contributed by atoms with Gasteiger partial charge in [0.1, 0.15) is 0 Å². The van der Waals surface area contributed by atoms with Gasteiger partial charge < -0.3 is 4.90 Å². The maximum absolute atomic E-state index is 11.8. The summed E-state index contributed by atoms with van der Waals surface area (Å²) in [4.78, 5) is 13.7. The lowest BCUT2D eigenvalue weighted by molar-refractivity contribution is -0.133. The van der Waals surface area contributed by atoms with E-state index >= 15 is 0 Å². The molecule has 0 aromatic carbocycles. The van der Waals surface area contributed by atoms with Crippen LogP contribution in [0.15, 0.2) is 0 Å². The molecule has 1 saturated heterocycles. The van der Waals surface area contributed by atoms with Crippen molar-refractivity contribution in [2.45, 2.75) is 58.0 Å². The van der Waals surface area contributed by atoms with Gasteiger partial charge in [0.25, 0.3) is 0 Å². The molecule has 0 radical (unpaired) electrons. The summed E-state index contributed by atoms with van der Waals surface area (Å²) in [5.41, 5.74) is 0. The third-order valence-corrected chi connectivity index (χ3v) is 3.14. The van der Waals surface area contributed by atoms with Crippen LogP contribution in [0.3, 0.4) is 0 Å². The Morgan fingerprint density at radius 3 is 2.80 bits per heavy atom. The number of rotatable bonds is 5. The summed E-state index contributed by atoms with van der Waals surface area (Å²) in [6.07, 6.45) is 7.97. The minimum Gasteiger partial charge on any atom is -0.330 e. The fourth-order valence-electron chi connectivity index (χ4n) is 2.04. The van der Waals surface area contributed by atoms with Gasteiger partial charge in [0.15, 0.2) is 0 Å². The Morgan fingerprint density at radius 2 is 2.20 bits per heavy atom. The Bertz CT molecular complexity index is 188. The van der Waals surface area contributed by atoms with Crippen LogP contribution in [0.25, 0.3) is 0 Å². The topological polar surface area (TPSA) is 32.3 Å². The second-order valence-electron chi connectivity index (χ2n) is 4.43. The zero-order valence-electron chi connectivity index (χ0n) is 10.1. The molecule has 1 rings (SSSR count).